The van der Waals surface area contributed by atoms with E-state index in [0.717, 1.165) is 0 Å². The van der Waals surface area contributed by atoms with E-state index in [9.17, 15) is 9.50 Å². The molecule has 0 aliphatic carbocycles. The third-order valence-electron chi connectivity index (χ3n) is 2.28. The summed E-state index contributed by atoms with van der Waals surface area (Å²) in [4.78, 5) is 3.92. The van der Waals surface area contributed by atoms with Crippen molar-refractivity contribution in [3.8, 4) is 5.75 Å². The molecule has 14 heavy (non-hydrogen) atoms. The number of rotatable bonds is 1. The normalized spacial score (nSPS) is 29.9. The van der Waals surface area contributed by atoms with E-state index in [-0.39, 0.29) is 12.1 Å². The van der Waals surface area contributed by atoms with E-state index < -0.39 is 12.0 Å². The first-order valence-corrected chi connectivity index (χ1v) is 5.07. The van der Waals surface area contributed by atoms with Crippen LogP contribution in [-0.2, 0) is 0 Å². The Kier molecular flexibility index (Phi) is 2.23. The molecular weight excluding hydrogens is 253 g/mol. The number of halogens is 2. The number of alkyl halides is 1. The molecule has 0 amide bonds. The van der Waals surface area contributed by atoms with Crippen LogP contribution >= 0.6 is 15.9 Å². The molecule has 1 aromatic rings. The van der Waals surface area contributed by atoms with E-state index in [2.05, 4.69) is 20.9 Å². The lowest BCUT2D eigenvalue weighted by Crippen LogP contribution is -2.31. The minimum atomic E-state index is -2.03. The Morgan fingerprint density at radius 3 is 3.14 bits per heavy atom. The second-order valence-electron chi connectivity index (χ2n) is 3.18. The van der Waals surface area contributed by atoms with Crippen LogP contribution in [0.1, 0.15) is 25.1 Å². The Bertz CT molecular complexity index is 374. The van der Waals surface area contributed by atoms with Gasteiger partial charge < -0.3 is 9.84 Å². The van der Waals surface area contributed by atoms with Crippen molar-refractivity contribution in [2.45, 2.75) is 25.3 Å². The van der Waals surface area contributed by atoms with Gasteiger partial charge in [-0.1, -0.05) is 6.92 Å². The second kappa shape index (κ2) is 3.17. The average Bonchev–Trinajstić information content (AvgIpc) is 2.40. The van der Waals surface area contributed by atoms with E-state index in [4.69, 9.17) is 4.74 Å². The lowest BCUT2D eigenvalue weighted by Gasteiger charge is -2.20. The summed E-state index contributed by atoms with van der Waals surface area (Å²) in [7, 11) is 0. The number of aliphatic hydroxyl groups excluding tert-OH is 1. The van der Waals surface area contributed by atoms with Crippen LogP contribution in [0.3, 0.4) is 0 Å². The molecule has 2 heterocycles. The van der Waals surface area contributed by atoms with E-state index in [1.165, 1.54) is 6.20 Å². The van der Waals surface area contributed by atoms with Crippen molar-refractivity contribution in [2.75, 3.05) is 0 Å². The fourth-order valence-corrected chi connectivity index (χ4v) is 1.74. The van der Waals surface area contributed by atoms with Gasteiger partial charge in [-0.3, -0.25) is 4.98 Å². The topological polar surface area (TPSA) is 42.4 Å². The lowest BCUT2D eigenvalue weighted by atomic mass is 10.1. The van der Waals surface area contributed by atoms with Gasteiger partial charge in [-0.05, 0) is 22.0 Å². The molecule has 5 heteroatoms. The van der Waals surface area contributed by atoms with Gasteiger partial charge in [0.1, 0.15) is 11.4 Å². The lowest BCUT2D eigenvalue weighted by molar-refractivity contribution is -0.131. The summed E-state index contributed by atoms with van der Waals surface area (Å²) in [5, 5.41) is 9.61. The Balaban J connectivity index is 2.45. The molecule has 1 aliphatic rings. The third kappa shape index (κ3) is 1.31. The van der Waals surface area contributed by atoms with Gasteiger partial charge in [0.25, 0.3) is 5.85 Å². The van der Waals surface area contributed by atoms with Gasteiger partial charge in [-0.15, -0.1) is 0 Å². The highest BCUT2D eigenvalue weighted by molar-refractivity contribution is 9.10. The zero-order chi connectivity index (χ0) is 10.3. The van der Waals surface area contributed by atoms with E-state index >= 15 is 0 Å². The molecule has 0 aromatic carbocycles. The molecule has 76 valence electrons. The summed E-state index contributed by atoms with van der Waals surface area (Å²) in [6.07, 6.45) is 0.296. The predicted octanol–water partition coefficient (Wildman–Crippen LogP) is 2.35. The largest absolute Gasteiger partial charge is 0.453 e. The number of aromatic nitrogens is 1. The SMILES string of the molecule is CCC1(F)Oc2cc(Br)cnc2C1O. The van der Waals surface area contributed by atoms with Crippen LogP contribution in [0.2, 0.25) is 0 Å². The van der Waals surface area contributed by atoms with Crippen LogP contribution in [0, 0.1) is 0 Å². The van der Waals surface area contributed by atoms with Gasteiger partial charge in [0, 0.05) is 17.1 Å². The van der Waals surface area contributed by atoms with Crippen LogP contribution in [0.4, 0.5) is 4.39 Å². The summed E-state index contributed by atoms with van der Waals surface area (Å²) in [6, 6.07) is 1.60. The quantitative estimate of drug-likeness (QED) is 0.844. The number of hydrogen-bond donors (Lipinski definition) is 1. The molecule has 1 aliphatic heterocycles. The van der Waals surface area contributed by atoms with Crippen LogP contribution in [0.25, 0.3) is 0 Å². The monoisotopic (exact) mass is 261 g/mol. The summed E-state index contributed by atoms with van der Waals surface area (Å²) < 4.78 is 19.6. The first kappa shape index (κ1) is 9.86. The van der Waals surface area contributed by atoms with Crippen LogP contribution in [-0.4, -0.2) is 15.9 Å². The Morgan fingerprint density at radius 1 is 1.79 bits per heavy atom. The standard InChI is InChI=1S/C9H9BrFNO2/c1-2-9(11)8(13)7-6(14-9)3-5(10)4-12-7/h3-4,8,13H,2H2,1H3. The van der Waals surface area contributed by atoms with Crippen molar-refractivity contribution in [1.29, 1.82) is 0 Å². The van der Waals surface area contributed by atoms with Crippen molar-refractivity contribution >= 4 is 15.9 Å². The molecule has 1 N–H and O–H groups in total. The van der Waals surface area contributed by atoms with Crippen LogP contribution in [0.15, 0.2) is 16.7 Å². The molecular formula is C9H9BrFNO2. The van der Waals surface area contributed by atoms with Crippen molar-refractivity contribution < 1.29 is 14.2 Å². The van der Waals surface area contributed by atoms with Gasteiger partial charge in [0.2, 0.25) is 0 Å². The summed E-state index contributed by atoms with van der Waals surface area (Å²) in [6.45, 7) is 1.62. The maximum absolute atomic E-state index is 13.8. The summed E-state index contributed by atoms with van der Waals surface area (Å²) >= 11 is 3.20. The number of hydrogen-bond acceptors (Lipinski definition) is 3. The first-order chi connectivity index (χ1) is 6.57. The zero-order valence-corrected chi connectivity index (χ0v) is 9.08. The van der Waals surface area contributed by atoms with Crippen molar-refractivity contribution in [1.82, 2.24) is 4.98 Å². The highest BCUT2D eigenvalue weighted by atomic mass is 79.9. The number of aliphatic hydroxyl groups is 1. The molecule has 0 saturated heterocycles. The van der Waals surface area contributed by atoms with Gasteiger partial charge in [-0.2, -0.15) is 4.39 Å². The zero-order valence-electron chi connectivity index (χ0n) is 7.50. The smallest absolute Gasteiger partial charge is 0.279 e. The highest BCUT2D eigenvalue weighted by Crippen LogP contribution is 2.45. The first-order valence-electron chi connectivity index (χ1n) is 4.28. The fourth-order valence-electron chi connectivity index (χ4n) is 1.43. The molecule has 2 rings (SSSR count). The average molecular weight is 262 g/mol. The summed E-state index contributed by atoms with van der Waals surface area (Å²) in [5.74, 6) is -1.73. The Labute approximate surface area is 89.0 Å². The van der Waals surface area contributed by atoms with E-state index in [1.54, 1.807) is 13.0 Å². The summed E-state index contributed by atoms with van der Waals surface area (Å²) in [5.41, 5.74) is 0.262. The van der Waals surface area contributed by atoms with Crippen LogP contribution < -0.4 is 4.74 Å². The minimum absolute atomic E-state index is 0.0855. The molecule has 0 fully saturated rings. The maximum Gasteiger partial charge on any atom is 0.279 e. The molecule has 0 spiro atoms. The van der Waals surface area contributed by atoms with E-state index in [0.29, 0.717) is 10.2 Å². The molecule has 0 radical (unpaired) electrons. The van der Waals surface area contributed by atoms with Gasteiger partial charge in [0.05, 0.1) is 0 Å². The molecule has 2 atom stereocenters. The number of nitrogens with zero attached hydrogens (tertiary/aromatic N) is 1. The maximum atomic E-state index is 13.8. The fraction of sp³-hybridized carbons (Fsp3) is 0.444. The third-order valence-corrected chi connectivity index (χ3v) is 2.71. The van der Waals surface area contributed by atoms with Crippen molar-refractivity contribution in [3.63, 3.8) is 0 Å². The number of pyridine rings is 1. The predicted molar refractivity (Wildman–Crippen MR) is 51.7 cm³/mol. The number of ether oxygens (including phenoxy) is 1. The van der Waals surface area contributed by atoms with Crippen molar-refractivity contribution in [2.24, 2.45) is 0 Å². The van der Waals surface area contributed by atoms with E-state index in [1.807, 2.05) is 0 Å². The second-order valence-corrected chi connectivity index (χ2v) is 4.10. The molecule has 2 unspecified atom stereocenters. The van der Waals surface area contributed by atoms with Crippen LogP contribution in [0.5, 0.6) is 5.75 Å². The minimum Gasteiger partial charge on any atom is -0.453 e. The molecule has 3 nitrogen and oxygen atoms in total. The van der Waals surface area contributed by atoms with Gasteiger partial charge in [-0.25, -0.2) is 0 Å². The molecule has 0 bridgehead atoms. The molecule has 0 saturated carbocycles. The molecule has 1 aromatic heterocycles. The Hall–Kier alpha value is -0.680. The number of fused-ring (bicyclic) bond motifs is 1. The Morgan fingerprint density at radius 2 is 2.50 bits per heavy atom. The van der Waals surface area contributed by atoms with Crippen molar-refractivity contribution in [3.05, 3.63) is 22.4 Å². The van der Waals surface area contributed by atoms with Gasteiger partial charge in [0.15, 0.2) is 6.10 Å². The highest BCUT2D eigenvalue weighted by Gasteiger charge is 2.48. The van der Waals surface area contributed by atoms with Gasteiger partial charge >= 0.3 is 0 Å².